The average Bonchev–Trinajstić information content (AvgIpc) is 3.14. The zero-order valence-corrected chi connectivity index (χ0v) is 12.8. The molecule has 0 bridgehead atoms. The number of likely N-dealkylation sites (N-methyl/N-ethyl adjacent to an activating group) is 1. The summed E-state index contributed by atoms with van der Waals surface area (Å²) in [5.74, 6) is 0.0874. The van der Waals surface area contributed by atoms with E-state index < -0.39 is 12.6 Å². The van der Waals surface area contributed by atoms with Crippen molar-refractivity contribution in [1.82, 2.24) is 19.8 Å². The van der Waals surface area contributed by atoms with E-state index in [-0.39, 0.29) is 24.4 Å². The Bertz CT molecular complexity index is 489. The maximum absolute atomic E-state index is 12.8. The Morgan fingerprint density at radius 2 is 2.41 bits per heavy atom. The minimum atomic E-state index is -2.63. The third kappa shape index (κ3) is 4.23. The number of hydrogen-bond donors (Lipinski definition) is 1. The third-order valence-electron chi connectivity index (χ3n) is 3.92. The largest absolute Gasteiger partial charge is 0.376 e. The van der Waals surface area contributed by atoms with E-state index in [0.717, 1.165) is 24.0 Å². The lowest BCUT2D eigenvalue weighted by Gasteiger charge is -2.24. The normalized spacial score (nSPS) is 19.8. The van der Waals surface area contributed by atoms with E-state index in [0.29, 0.717) is 6.54 Å². The SMILES string of the molecule is C[C@H](C(=O)NC[C@H]1CCCO1)N(C)Cc1nccn1C(F)F. The van der Waals surface area contributed by atoms with Crippen LogP contribution in [0.2, 0.25) is 0 Å². The first-order valence-corrected chi connectivity index (χ1v) is 7.38. The van der Waals surface area contributed by atoms with Crippen molar-refractivity contribution >= 4 is 5.91 Å². The van der Waals surface area contributed by atoms with Gasteiger partial charge in [-0.05, 0) is 26.8 Å². The zero-order valence-electron chi connectivity index (χ0n) is 12.8. The van der Waals surface area contributed by atoms with Crippen LogP contribution in [-0.4, -0.2) is 52.7 Å². The van der Waals surface area contributed by atoms with Gasteiger partial charge in [0.25, 0.3) is 0 Å². The second-order valence-electron chi connectivity index (χ2n) is 5.50. The number of halogens is 2. The maximum atomic E-state index is 12.8. The molecule has 1 aromatic rings. The van der Waals surface area contributed by atoms with Gasteiger partial charge in [-0.15, -0.1) is 0 Å². The first-order chi connectivity index (χ1) is 10.5. The fourth-order valence-corrected chi connectivity index (χ4v) is 2.37. The number of alkyl halides is 2. The minimum absolute atomic E-state index is 0.0826. The summed E-state index contributed by atoms with van der Waals surface area (Å²) in [5, 5.41) is 2.84. The van der Waals surface area contributed by atoms with Gasteiger partial charge in [-0.1, -0.05) is 0 Å². The average molecular weight is 316 g/mol. The Labute approximate surface area is 128 Å². The minimum Gasteiger partial charge on any atom is -0.376 e. The highest BCUT2D eigenvalue weighted by Crippen LogP contribution is 2.14. The van der Waals surface area contributed by atoms with Crippen molar-refractivity contribution < 1.29 is 18.3 Å². The van der Waals surface area contributed by atoms with Crippen LogP contribution in [0.5, 0.6) is 0 Å². The second kappa shape index (κ2) is 7.64. The van der Waals surface area contributed by atoms with E-state index >= 15 is 0 Å². The van der Waals surface area contributed by atoms with Crippen molar-refractivity contribution in [1.29, 1.82) is 0 Å². The Morgan fingerprint density at radius 1 is 1.64 bits per heavy atom. The van der Waals surface area contributed by atoms with Crippen molar-refractivity contribution in [3.63, 3.8) is 0 Å². The van der Waals surface area contributed by atoms with Gasteiger partial charge < -0.3 is 10.1 Å². The molecule has 0 radical (unpaired) electrons. The molecule has 1 aromatic heterocycles. The van der Waals surface area contributed by atoms with Crippen molar-refractivity contribution in [3.8, 4) is 0 Å². The highest BCUT2D eigenvalue weighted by Gasteiger charge is 2.22. The molecule has 0 aromatic carbocycles. The van der Waals surface area contributed by atoms with Crippen molar-refractivity contribution in [3.05, 3.63) is 18.2 Å². The quantitative estimate of drug-likeness (QED) is 0.826. The molecule has 1 saturated heterocycles. The first-order valence-electron chi connectivity index (χ1n) is 7.38. The van der Waals surface area contributed by atoms with Gasteiger partial charge in [-0.25, -0.2) is 4.98 Å². The number of imidazole rings is 1. The van der Waals surface area contributed by atoms with Crippen LogP contribution in [0.25, 0.3) is 0 Å². The monoisotopic (exact) mass is 316 g/mol. The number of carbonyl (C=O) groups excluding carboxylic acids is 1. The van der Waals surface area contributed by atoms with Gasteiger partial charge in [0, 0.05) is 25.5 Å². The Kier molecular flexibility index (Phi) is 5.84. The second-order valence-corrected chi connectivity index (χ2v) is 5.50. The van der Waals surface area contributed by atoms with Crippen LogP contribution in [0.15, 0.2) is 12.4 Å². The predicted molar refractivity (Wildman–Crippen MR) is 76.4 cm³/mol. The molecule has 0 spiro atoms. The molecule has 1 aliphatic heterocycles. The zero-order chi connectivity index (χ0) is 16.1. The smallest absolute Gasteiger partial charge is 0.319 e. The summed E-state index contributed by atoms with van der Waals surface area (Å²) < 4.78 is 31.8. The number of carbonyl (C=O) groups is 1. The van der Waals surface area contributed by atoms with Crippen LogP contribution < -0.4 is 5.32 Å². The molecule has 8 heteroatoms. The molecule has 1 N–H and O–H groups in total. The lowest BCUT2D eigenvalue weighted by molar-refractivity contribution is -0.126. The summed E-state index contributed by atoms with van der Waals surface area (Å²) in [6.07, 6.45) is 4.62. The molecule has 1 amide bonds. The molecular weight excluding hydrogens is 294 g/mol. The van der Waals surface area contributed by atoms with E-state index in [1.165, 1.54) is 12.4 Å². The fourth-order valence-electron chi connectivity index (χ4n) is 2.37. The molecule has 22 heavy (non-hydrogen) atoms. The van der Waals surface area contributed by atoms with Gasteiger partial charge >= 0.3 is 6.55 Å². The van der Waals surface area contributed by atoms with E-state index in [1.807, 2.05) is 0 Å². The molecule has 6 nitrogen and oxygen atoms in total. The maximum Gasteiger partial charge on any atom is 0.319 e. The Hall–Kier alpha value is -1.54. The lowest BCUT2D eigenvalue weighted by atomic mass is 10.2. The Balaban J connectivity index is 1.83. The lowest BCUT2D eigenvalue weighted by Crippen LogP contribution is -2.45. The van der Waals surface area contributed by atoms with Gasteiger partial charge in [0.15, 0.2) is 0 Å². The van der Waals surface area contributed by atoms with Crippen molar-refractivity contribution in [2.75, 3.05) is 20.2 Å². The van der Waals surface area contributed by atoms with Crippen LogP contribution in [0, 0.1) is 0 Å². The van der Waals surface area contributed by atoms with E-state index in [1.54, 1.807) is 18.9 Å². The molecule has 0 saturated carbocycles. The number of amides is 1. The number of aromatic nitrogens is 2. The number of nitrogens with one attached hydrogen (secondary N) is 1. The van der Waals surface area contributed by atoms with Gasteiger partial charge in [0.2, 0.25) is 5.91 Å². The van der Waals surface area contributed by atoms with E-state index in [2.05, 4.69) is 10.3 Å². The molecule has 1 fully saturated rings. The number of nitrogens with zero attached hydrogens (tertiary/aromatic N) is 3. The third-order valence-corrected chi connectivity index (χ3v) is 3.92. The highest BCUT2D eigenvalue weighted by atomic mass is 19.3. The van der Waals surface area contributed by atoms with Crippen LogP contribution >= 0.6 is 0 Å². The molecule has 0 unspecified atom stereocenters. The summed E-state index contributed by atoms with van der Waals surface area (Å²) in [7, 11) is 1.71. The van der Waals surface area contributed by atoms with Gasteiger partial charge in [-0.3, -0.25) is 14.3 Å². The predicted octanol–water partition coefficient (Wildman–Crippen LogP) is 1.39. The topological polar surface area (TPSA) is 59.4 Å². The first kappa shape index (κ1) is 16.8. The molecule has 2 atom stereocenters. The summed E-state index contributed by atoms with van der Waals surface area (Å²) in [4.78, 5) is 17.7. The molecule has 2 heterocycles. The number of rotatable bonds is 7. The summed E-state index contributed by atoms with van der Waals surface area (Å²) in [6.45, 7) is 0.510. The number of ether oxygens (including phenoxy) is 1. The molecule has 2 rings (SSSR count). The van der Waals surface area contributed by atoms with Crippen LogP contribution in [0.1, 0.15) is 32.1 Å². The van der Waals surface area contributed by atoms with E-state index in [9.17, 15) is 13.6 Å². The van der Waals surface area contributed by atoms with Gasteiger partial charge in [0.05, 0.1) is 18.7 Å². The Morgan fingerprint density at radius 3 is 3.05 bits per heavy atom. The summed E-state index contributed by atoms with van der Waals surface area (Å²) >= 11 is 0. The molecular formula is C14H22F2N4O2. The molecule has 124 valence electrons. The molecule has 0 aliphatic carbocycles. The summed E-state index contributed by atoms with van der Waals surface area (Å²) in [6, 6.07) is -0.441. The summed E-state index contributed by atoms with van der Waals surface area (Å²) in [5.41, 5.74) is 0. The standard InChI is InChI=1S/C14H22F2N4O2/c1-10(13(21)18-8-11-4-3-7-22-11)19(2)9-12-17-5-6-20(12)14(15)16/h5-6,10-11,14H,3-4,7-9H2,1-2H3,(H,18,21)/t10-,11-/m1/s1. The highest BCUT2D eigenvalue weighted by molar-refractivity contribution is 5.81. The van der Waals surface area contributed by atoms with Gasteiger partial charge in [0.1, 0.15) is 5.82 Å². The number of hydrogen-bond acceptors (Lipinski definition) is 4. The van der Waals surface area contributed by atoms with Crippen LogP contribution in [-0.2, 0) is 16.1 Å². The van der Waals surface area contributed by atoms with Crippen molar-refractivity contribution in [2.24, 2.45) is 0 Å². The van der Waals surface area contributed by atoms with Gasteiger partial charge in [-0.2, -0.15) is 8.78 Å². The molecule has 1 aliphatic rings. The van der Waals surface area contributed by atoms with Crippen molar-refractivity contribution in [2.45, 2.75) is 45.0 Å². The van der Waals surface area contributed by atoms with Crippen LogP contribution in [0.4, 0.5) is 8.78 Å². The fraction of sp³-hybridized carbons (Fsp3) is 0.714. The van der Waals surface area contributed by atoms with Crippen LogP contribution in [0.3, 0.4) is 0 Å². The van der Waals surface area contributed by atoms with E-state index in [4.69, 9.17) is 4.74 Å².